The highest BCUT2D eigenvalue weighted by atomic mass is 32.2. The molecule has 0 fully saturated rings. The van der Waals surface area contributed by atoms with Gasteiger partial charge in [-0.3, -0.25) is 13.9 Å². The Morgan fingerprint density at radius 3 is 2.34 bits per heavy atom. The maximum absolute atomic E-state index is 13.4. The van der Waals surface area contributed by atoms with Crippen molar-refractivity contribution in [2.45, 2.75) is 18.0 Å². The zero-order valence-corrected chi connectivity index (χ0v) is 19.6. The summed E-state index contributed by atoms with van der Waals surface area (Å²) in [4.78, 5) is 30.4. The van der Waals surface area contributed by atoms with E-state index in [1.165, 1.54) is 42.5 Å². The van der Waals surface area contributed by atoms with Crippen LogP contribution in [0.3, 0.4) is 0 Å². The van der Waals surface area contributed by atoms with E-state index in [9.17, 15) is 22.8 Å². The Bertz CT molecular complexity index is 1590. The largest absolute Gasteiger partial charge is 0.416 e. The van der Waals surface area contributed by atoms with Crippen LogP contribution in [-0.2, 0) is 13.2 Å². The number of aromatic nitrogens is 4. The van der Waals surface area contributed by atoms with Crippen LogP contribution in [0.2, 0.25) is 0 Å². The van der Waals surface area contributed by atoms with Crippen molar-refractivity contribution in [2.75, 3.05) is 6.26 Å². The third-order valence-electron chi connectivity index (χ3n) is 5.54. The first-order valence-electron chi connectivity index (χ1n) is 10.2. The lowest BCUT2D eigenvalue weighted by Gasteiger charge is -2.18. The summed E-state index contributed by atoms with van der Waals surface area (Å²) in [6, 6.07) is 11.0. The van der Waals surface area contributed by atoms with Crippen LogP contribution in [0.1, 0.15) is 11.3 Å². The minimum absolute atomic E-state index is 0.0163. The molecule has 2 aromatic heterocycles. The van der Waals surface area contributed by atoms with Crippen molar-refractivity contribution >= 4 is 17.4 Å². The average molecular weight is 498 g/mol. The van der Waals surface area contributed by atoms with Crippen molar-refractivity contribution in [3.05, 3.63) is 98.2 Å². The van der Waals surface area contributed by atoms with Crippen LogP contribution in [0.15, 0.2) is 69.2 Å². The summed E-state index contributed by atoms with van der Waals surface area (Å²) >= 11 is 1.33. The van der Waals surface area contributed by atoms with Gasteiger partial charge in [0.25, 0.3) is 5.56 Å². The summed E-state index contributed by atoms with van der Waals surface area (Å²) in [5, 5.41) is 4.41. The molecule has 0 radical (unpaired) electrons. The van der Waals surface area contributed by atoms with Gasteiger partial charge in [0.1, 0.15) is 0 Å². The minimum Gasteiger partial charge on any atom is -0.268 e. The van der Waals surface area contributed by atoms with Crippen molar-refractivity contribution in [3.63, 3.8) is 0 Å². The molecular weight excluding hydrogens is 479 g/mol. The first-order valence-corrected chi connectivity index (χ1v) is 11.4. The van der Waals surface area contributed by atoms with Gasteiger partial charge in [0, 0.05) is 12.7 Å². The van der Waals surface area contributed by atoms with Crippen LogP contribution in [0.4, 0.5) is 18.9 Å². The Balaban J connectivity index is 2.05. The number of rotatable bonds is 4. The van der Waals surface area contributed by atoms with Gasteiger partial charge in [0.2, 0.25) is 0 Å². The molecule has 35 heavy (non-hydrogen) atoms. The van der Waals surface area contributed by atoms with E-state index >= 15 is 0 Å². The van der Waals surface area contributed by atoms with Gasteiger partial charge in [-0.2, -0.15) is 18.3 Å². The Morgan fingerprint density at radius 2 is 1.74 bits per heavy atom. The van der Waals surface area contributed by atoms with Crippen LogP contribution in [-0.4, -0.2) is 25.2 Å². The number of benzene rings is 2. The molecule has 7 nitrogen and oxygen atoms in total. The molecule has 0 aliphatic rings. The Hall–Kier alpha value is -4.04. The fourth-order valence-corrected chi connectivity index (χ4v) is 4.32. The molecule has 0 bridgehead atoms. The number of hydrogen-bond acceptors (Lipinski definition) is 4. The molecule has 4 aromatic rings. The summed E-state index contributed by atoms with van der Waals surface area (Å²) in [6.45, 7) is 8.66. The molecule has 0 N–H and O–H groups in total. The van der Waals surface area contributed by atoms with Gasteiger partial charge in [-0.05, 0) is 43.5 Å². The lowest BCUT2D eigenvalue weighted by atomic mass is 10.1. The van der Waals surface area contributed by atoms with Gasteiger partial charge in [-0.25, -0.2) is 14.3 Å². The highest BCUT2D eigenvalue weighted by Crippen LogP contribution is 2.34. The van der Waals surface area contributed by atoms with Crippen molar-refractivity contribution in [1.82, 2.24) is 18.9 Å². The molecule has 0 atom stereocenters. The molecule has 0 saturated carbocycles. The molecule has 4 rings (SSSR count). The Labute approximate surface area is 201 Å². The number of thioether (sulfide) groups is 1. The number of nitrogens with zero attached hydrogens (tertiary/aromatic N) is 5. The average Bonchev–Trinajstić information content (AvgIpc) is 3.26. The topological polar surface area (TPSA) is 66.2 Å². The fraction of sp³-hybridized carbons (Fsp3) is 0.167. The first kappa shape index (κ1) is 24.1. The molecule has 2 aromatic carbocycles. The second kappa shape index (κ2) is 8.96. The SMILES string of the molecule is [C-]#[N+]c1ccc(-n2ncc(SC)c2-c2c(C)n(-c3cccc(C(F)(F)F)c3)c(=O)n(C)c2=O)cc1. The molecule has 0 aliphatic carbocycles. The normalized spacial score (nSPS) is 11.5. The smallest absolute Gasteiger partial charge is 0.268 e. The van der Waals surface area contributed by atoms with Gasteiger partial charge >= 0.3 is 11.9 Å². The van der Waals surface area contributed by atoms with E-state index in [0.29, 0.717) is 22.0 Å². The maximum Gasteiger partial charge on any atom is 0.416 e. The van der Waals surface area contributed by atoms with E-state index in [1.54, 1.807) is 36.7 Å². The Kier molecular flexibility index (Phi) is 6.17. The highest BCUT2D eigenvalue weighted by Gasteiger charge is 2.31. The van der Waals surface area contributed by atoms with Gasteiger partial charge in [-0.1, -0.05) is 18.2 Å². The number of alkyl halides is 3. The fourth-order valence-electron chi connectivity index (χ4n) is 3.79. The van der Waals surface area contributed by atoms with E-state index in [2.05, 4.69) is 9.94 Å². The zero-order valence-electron chi connectivity index (χ0n) is 18.8. The lowest BCUT2D eigenvalue weighted by molar-refractivity contribution is -0.137. The van der Waals surface area contributed by atoms with Gasteiger partial charge in [0.15, 0.2) is 5.69 Å². The summed E-state index contributed by atoms with van der Waals surface area (Å²) in [6.07, 6.45) is -1.23. The third kappa shape index (κ3) is 4.17. The Morgan fingerprint density at radius 1 is 1.06 bits per heavy atom. The summed E-state index contributed by atoms with van der Waals surface area (Å²) in [5.74, 6) is 0. The van der Waals surface area contributed by atoms with E-state index in [1.807, 2.05) is 0 Å². The quantitative estimate of drug-likeness (QED) is 0.294. The predicted molar refractivity (Wildman–Crippen MR) is 128 cm³/mol. The monoisotopic (exact) mass is 497 g/mol. The van der Waals surface area contributed by atoms with Crippen molar-refractivity contribution in [3.8, 4) is 22.6 Å². The molecule has 0 unspecified atom stereocenters. The van der Waals surface area contributed by atoms with E-state index in [-0.39, 0.29) is 16.9 Å². The predicted octanol–water partition coefficient (Wildman–Crippen LogP) is 4.99. The molecule has 2 heterocycles. The molecule has 0 amide bonds. The highest BCUT2D eigenvalue weighted by molar-refractivity contribution is 7.98. The number of halogens is 3. The molecule has 11 heteroatoms. The van der Waals surface area contributed by atoms with Crippen LogP contribution in [0.25, 0.3) is 27.5 Å². The second-order valence-electron chi connectivity index (χ2n) is 7.59. The maximum atomic E-state index is 13.4. The summed E-state index contributed by atoms with van der Waals surface area (Å²) in [7, 11) is 1.28. The van der Waals surface area contributed by atoms with E-state index < -0.39 is 23.0 Å². The van der Waals surface area contributed by atoms with Crippen LogP contribution >= 0.6 is 11.8 Å². The molecule has 0 saturated heterocycles. The van der Waals surface area contributed by atoms with Gasteiger partial charge in [-0.15, -0.1) is 11.8 Å². The van der Waals surface area contributed by atoms with Gasteiger partial charge < -0.3 is 0 Å². The van der Waals surface area contributed by atoms with Crippen LogP contribution in [0, 0.1) is 13.5 Å². The zero-order chi connectivity index (χ0) is 25.5. The second-order valence-corrected chi connectivity index (χ2v) is 8.44. The van der Waals surface area contributed by atoms with Crippen molar-refractivity contribution in [2.24, 2.45) is 7.05 Å². The van der Waals surface area contributed by atoms with Gasteiger partial charge in [0.05, 0.1) is 45.9 Å². The standard InChI is InChI=1S/C24H18F3N5O2S/c1-14-20(21-19(35-4)13-29-32(21)17-10-8-16(28-2)9-11-17)22(33)30(3)23(34)31(14)18-7-5-6-15(12-18)24(25,26)27/h5-13H,1,3-4H3. The third-order valence-corrected chi connectivity index (χ3v) is 6.28. The minimum atomic E-state index is -4.60. The molecule has 178 valence electrons. The van der Waals surface area contributed by atoms with E-state index in [4.69, 9.17) is 6.57 Å². The molecule has 0 spiro atoms. The lowest BCUT2D eigenvalue weighted by Crippen LogP contribution is -2.40. The molecule has 0 aliphatic heterocycles. The summed E-state index contributed by atoms with van der Waals surface area (Å²) in [5.41, 5.74) is -0.605. The first-order chi connectivity index (χ1) is 16.6. The van der Waals surface area contributed by atoms with Crippen molar-refractivity contribution < 1.29 is 13.2 Å². The van der Waals surface area contributed by atoms with E-state index in [0.717, 1.165) is 21.3 Å². The van der Waals surface area contributed by atoms with Crippen molar-refractivity contribution in [1.29, 1.82) is 0 Å². The van der Waals surface area contributed by atoms with Crippen LogP contribution < -0.4 is 11.2 Å². The summed E-state index contributed by atoms with van der Waals surface area (Å²) < 4.78 is 43.5. The molecular formula is C24H18F3N5O2S. The van der Waals surface area contributed by atoms with Crippen LogP contribution in [0.5, 0.6) is 0 Å². The number of hydrogen-bond donors (Lipinski definition) is 0.